The van der Waals surface area contributed by atoms with Crippen LogP contribution in [0.5, 0.6) is 0 Å². The van der Waals surface area contributed by atoms with Gasteiger partial charge in [0.15, 0.2) is 0 Å². The first-order valence-electron chi connectivity index (χ1n) is 18.5. The van der Waals surface area contributed by atoms with E-state index in [-0.39, 0.29) is 0 Å². The summed E-state index contributed by atoms with van der Waals surface area (Å²) in [5.74, 6) is 0.702. The van der Waals surface area contributed by atoms with Crippen LogP contribution in [0.25, 0.3) is 57.5 Å². The average molecular weight is 657 g/mol. The van der Waals surface area contributed by atoms with E-state index >= 15 is 0 Å². The number of hydrogen-bond donors (Lipinski definition) is 0. The van der Waals surface area contributed by atoms with E-state index in [1.54, 1.807) is 0 Å². The highest BCUT2D eigenvalue weighted by atomic mass is 14.2. The van der Waals surface area contributed by atoms with Crippen molar-refractivity contribution in [2.24, 2.45) is 0 Å². The highest BCUT2D eigenvalue weighted by molar-refractivity contribution is 6.14. The van der Waals surface area contributed by atoms with E-state index in [4.69, 9.17) is 0 Å². The zero-order valence-electron chi connectivity index (χ0n) is 29.4. The molecule has 0 spiro atoms. The number of aryl methyl sites for hydroxylation is 1. The van der Waals surface area contributed by atoms with Crippen LogP contribution in [0.4, 0.5) is 0 Å². The molecule has 0 N–H and O–H groups in total. The van der Waals surface area contributed by atoms with Gasteiger partial charge in [0.25, 0.3) is 0 Å². The molecule has 8 rings (SSSR count). The number of fused-ring (bicyclic) bond motifs is 2. The zero-order valence-corrected chi connectivity index (χ0v) is 29.4. The van der Waals surface area contributed by atoms with E-state index in [0.717, 1.165) is 0 Å². The van der Waals surface area contributed by atoms with Crippen molar-refractivity contribution in [3.8, 4) is 0 Å². The molecule has 1 saturated carbocycles. The predicted octanol–water partition coefficient (Wildman–Crippen LogP) is 14.3. The summed E-state index contributed by atoms with van der Waals surface area (Å²) in [5, 5.41) is 5.04. The molecule has 0 saturated heterocycles. The Balaban J connectivity index is 1.21. The molecule has 0 amide bonds. The van der Waals surface area contributed by atoms with Crippen LogP contribution < -0.4 is 0 Å². The predicted molar refractivity (Wildman–Crippen MR) is 223 cm³/mol. The van der Waals surface area contributed by atoms with Gasteiger partial charge in [-0.3, -0.25) is 0 Å². The van der Waals surface area contributed by atoms with Crippen molar-refractivity contribution in [1.82, 2.24) is 0 Å². The molecule has 0 aromatic heterocycles. The molecular formula is C51H44. The van der Waals surface area contributed by atoms with Crippen molar-refractivity contribution in [2.45, 2.75) is 44.9 Å². The van der Waals surface area contributed by atoms with Gasteiger partial charge in [-0.05, 0) is 109 Å². The standard InChI is InChI=1S/C51H44/c1-37-16-8-9-17-38(37)32-34-49-45-24-12-14-26-47(45)50(48-27-15-13-25-46(48)49)35-33-40-20-10-11-23-44(40)36-51(42-21-6-3-7-22-42)43-30-28-41(29-31-43)39-18-4-2-5-19-39/h3,6-17,20-36,39H,2,4-5,18-19H2,1H3/b34-32?,35-33?,51-36-. The fourth-order valence-corrected chi connectivity index (χ4v) is 7.95. The molecule has 0 aliphatic heterocycles. The van der Waals surface area contributed by atoms with Crippen LogP contribution in [0.1, 0.15) is 88.1 Å². The molecule has 51 heavy (non-hydrogen) atoms. The van der Waals surface area contributed by atoms with Gasteiger partial charge in [0.05, 0.1) is 0 Å². The molecule has 7 aromatic rings. The lowest BCUT2D eigenvalue weighted by Crippen LogP contribution is -2.04. The highest BCUT2D eigenvalue weighted by Crippen LogP contribution is 2.37. The topological polar surface area (TPSA) is 0 Å². The van der Waals surface area contributed by atoms with Crippen LogP contribution in [0, 0.1) is 6.92 Å². The molecule has 1 aliphatic carbocycles. The summed E-state index contributed by atoms with van der Waals surface area (Å²) in [6.45, 7) is 2.17. The monoisotopic (exact) mass is 656 g/mol. The van der Waals surface area contributed by atoms with Crippen LogP contribution in [-0.4, -0.2) is 0 Å². The van der Waals surface area contributed by atoms with Gasteiger partial charge in [-0.15, -0.1) is 0 Å². The maximum atomic E-state index is 2.38. The minimum absolute atomic E-state index is 0.702. The van der Waals surface area contributed by atoms with E-state index in [1.165, 1.54) is 109 Å². The van der Waals surface area contributed by atoms with Gasteiger partial charge in [-0.1, -0.05) is 195 Å². The Kier molecular flexibility index (Phi) is 9.57. The van der Waals surface area contributed by atoms with Crippen LogP contribution in [-0.2, 0) is 0 Å². The van der Waals surface area contributed by atoms with E-state index < -0.39 is 0 Å². The maximum Gasteiger partial charge on any atom is -0.00987 e. The summed E-state index contributed by atoms with van der Waals surface area (Å²) < 4.78 is 0. The maximum absolute atomic E-state index is 2.38. The van der Waals surface area contributed by atoms with E-state index in [1.807, 2.05) is 0 Å². The van der Waals surface area contributed by atoms with E-state index in [0.29, 0.717) is 5.92 Å². The van der Waals surface area contributed by atoms with E-state index in [2.05, 4.69) is 189 Å². The third-order valence-electron chi connectivity index (χ3n) is 10.7. The third kappa shape index (κ3) is 7.01. The van der Waals surface area contributed by atoms with Gasteiger partial charge in [0, 0.05) is 0 Å². The second-order valence-corrected chi connectivity index (χ2v) is 14.0. The van der Waals surface area contributed by atoms with Crippen molar-refractivity contribution in [3.05, 3.63) is 202 Å². The lowest BCUT2D eigenvalue weighted by Gasteiger charge is -2.22. The smallest absolute Gasteiger partial charge is 0.00987 e. The molecule has 7 aromatic carbocycles. The molecule has 0 bridgehead atoms. The van der Waals surface area contributed by atoms with Crippen molar-refractivity contribution in [1.29, 1.82) is 0 Å². The Bertz CT molecular complexity index is 2320. The molecule has 1 fully saturated rings. The molecule has 0 unspecified atom stereocenters. The van der Waals surface area contributed by atoms with E-state index in [9.17, 15) is 0 Å². The van der Waals surface area contributed by atoms with Crippen molar-refractivity contribution < 1.29 is 0 Å². The first kappa shape index (κ1) is 32.5. The second kappa shape index (κ2) is 15.0. The SMILES string of the molecule is Cc1ccccc1C=Cc1c2ccccc2c(C=Cc2ccccc2/C=C(/c2ccccc2)c2ccc(C3CCCCC3)cc2)c2ccccc12. The molecule has 0 heteroatoms. The summed E-state index contributed by atoms with van der Waals surface area (Å²) in [6.07, 6.45) is 18.3. The largest absolute Gasteiger partial charge is 0.0622 e. The van der Waals surface area contributed by atoms with Gasteiger partial charge in [0.1, 0.15) is 0 Å². The first-order valence-corrected chi connectivity index (χ1v) is 18.5. The van der Waals surface area contributed by atoms with Crippen LogP contribution in [0.15, 0.2) is 152 Å². The minimum Gasteiger partial charge on any atom is -0.0622 e. The van der Waals surface area contributed by atoms with Crippen LogP contribution in [0.2, 0.25) is 0 Å². The van der Waals surface area contributed by atoms with Gasteiger partial charge < -0.3 is 0 Å². The van der Waals surface area contributed by atoms with Gasteiger partial charge in [-0.2, -0.15) is 0 Å². The quantitative estimate of drug-likeness (QED) is 0.113. The number of rotatable bonds is 8. The molecule has 0 nitrogen and oxygen atoms in total. The molecule has 1 aliphatic rings. The van der Waals surface area contributed by atoms with Gasteiger partial charge in [-0.25, -0.2) is 0 Å². The Labute approximate surface area is 303 Å². The van der Waals surface area contributed by atoms with Crippen LogP contribution >= 0.6 is 0 Å². The lowest BCUT2D eigenvalue weighted by molar-refractivity contribution is 0.443. The minimum atomic E-state index is 0.702. The highest BCUT2D eigenvalue weighted by Gasteiger charge is 2.16. The zero-order chi connectivity index (χ0) is 34.4. The molecule has 248 valence electrons. The van der Waals surface area contributed by atoms with Crippen molar-refractivity contribution in [3.63, 3.8) is 0 Å². The Hall–Kier alpha value is -5.72. The number of benzene rings is 7. The molecule has 0 heterocycles. The molecule has 0 radical (unpaired) electrons. The first-order chi connectivity index (χ1) is 25.2. The average Bonchev–Trinajstić information content (AvgIpc) is 3.20. The second-order valence-electron chi connectivity index (χ2n) is 14.0. The summed E-state index contributed by atoms with van der Waals surface area (Å²) in [7, 11) is 0. The van der Waals surface area contributed by atoms with Crippen LogP contribution in [0.3, 0.4) is 0 Å². The van der Waals surface area contributed by atoms with Crippen molar-refractivity contribution >= 4 is 57.5 Å². The third-order valence-corrected chi connectivity index (χ3v) is 10.7. The summed E-state index contributed by atoms with van der Waals surface area (Å²) in [4.78, 5) is 0. The molecule has 0 atom stereocenters. The Morgan fingerprint density at radius 3 is 1.49 bits per heavy atom. The number of hydrogen-bond acceptors (Lipinski definition) is 0. The summed E-state index contributed by atoms with van der Waals surface area (Å²) >= 11 is 0. The normalized spacial score (nSPS) is 14.3. The fourth-order valence-electron chi connectivity index (χ4n) is 7.95. The Morgan fingerprint density at radius 1 is 0.431 bits per heavy atom. The van der Waals surface area contributed by atoms with Gasteiger partial charge in [0.2, 0.25) is 0 Å². The van der Waals surface area contributed by atoms with Gasteiger partial charge >= 0.3 is 0 Å². The van der Waals surface area contributed by atoms with Crippen molar-refractivity contribution in [2.75, 3.05) is 0 Å². The summed E-state index contributed by atoms with van der Waals surface area (Å²) in [5.41, 5.74) is 12.6. The molecular weight excluding hydrogens is 613 g/mol. The fraction of sp³-hybridized carbons (Fsp3) is 0.137. The lowest BCUT2D eigenvalue weighted by atomic mass is 9.83. The summed E-state index contributed by atoms with van der Waals surface area (Å²) in [6, 6.07) is 55.3. The Morgan fingerprint density at radius 2 is 0.902 bits per heavy atom.